The van der Waals surface area contributed by atoms with E-state index in [9.17, 15) is 4.39 Å². The molecule has 0 aliphatic heterocycles. The lowest BCUT2D eigenvalue weighted by atomic mass is 9.88. The van der Waals surface area contributed by atoms with Crippen molar-refractivity contribution in [2.24, 2.45) is 0 Å². The molecule has 1 atom stereocenters. The molecule has 0 spiro atoms. The van der Waals surface area contributed by atoms with E-state index in [4.69, 9.17) is 9.47 Å². The van der Waals surface area contributed by atoms with Crippen molar-refractivity contribution >= 4 is 0 Å². The predicted molar refractivity (Wildman–Crippen MR) is 111 cm³/mol. The molecule has 3 rings (SSSR count). The number of halogens is 1. The normalized spacial score (nSPS) is 11.8. The van der Waals surface area contributed by atoms with E-state index >= 15 is 0 Å². The van der Waals surface area contributed by atoms with E-state index in [0.29, 0.717) is 0 Å². The highest BCUT2D eigenvalue weighted by Crippen LogP contribution is 2.29. The Morgan fingerprint density at radius 1 is 0.750 bits per heavy atom. The van der Waals surface area contributed by atoms with Crippen LogP contribution in [0.2, 0.25) is 0 Å². The van der Waals surface area contributed by atoms with Crippen molar-refractivity contribution < 1.29 is 13.9 Å². The summed E-state index contributed by atoms with van der Waals surface area (Å²) in [6, 6.07) is 22.9. The second kappa shape index (κ2) is 9.90. The lowest BCUT2D eigenvalue weighted by Gasteiger charge is -2.19. The fourth-order valence-electron chi connectivity index (χ4n) is 3.28. The third kappa shape index (κ3) is 5.33. The predicted octanol–water partition coefficient (Wildman–Crippen LogP) is 5.15. The van der Waals surface area contributed by atoms with Gasteiger partial charge in [-0.2, -0.15) is 0 Å². The Morgan fingerprint density at radius 3 is 1.79 bits per heavy atom. The highest BCUT2D eigenvalue weighted by Gasteiger charge is 2.14. The van der Waals surface area contributed by atoms with Gasteiger partial charge in [0.05, 0.1) is 14.2 Å². The molecule has 146 valence electrons. The summed E-state index contributed by atoms with van der Waals surface area (Å²) in [7, 11) is 3.33. The lowest BCUT2D eigenvalue weighted by molar-refractivity contribution is 0.414. The number of nitrogens with one attached hydrogen (secondary N) is 1. The number of rotatable bonds is 9. The van der Waals surface area contributed by atoms with Crippen LogP contribution >= 0.6 is 0 Å². The Morgan fingerprint density at radius 2 is 1.25 bits per heavy atom. The summed E-state index contributed by atoms with van der Waals surface area (Å²) < 4.78 is 23.8. The first-order valence-corrected chi connectivity index (χ1v) is 9.42. The molecule has 0 aromatic heterocycles. The number of ether oxygens (including phenoxy) is 2. The van der Waals surface area contributed by atoms with Crippen LogP contribution in [-0.4, -0.2) is 20.8 Å². The summed E-state index contributed by atoms with van der Waals surface area (Å²) in [5.74, 6) is 1.67. The van der Waals surface area contributed by atoms with Crippen molar-refractivity contribution in [1.82, 2.24) is 5.32 Å². The van der Waals surface area contributed by atoms with Crippen LogP contribution in [0.25, 0.3) is 0 Å². The van der Waals surface area contributed by atoms with Gasteiger partial charge in [-0.25, -0.2) is 4.39 Å². The number of hydrogen-bond acceptors (Lipinski definition) is 3. The monoisotopic (exact) mass is 379 g/mol. The average molecular weight is 379 g/mol. The molecule has 3 nitrogen and oxygen atoms in total. The molecule has 3 aromatic carbocycles. The molecule has 0 fully saturated rings. The minimum Gasteiger partial charge on any atom is -0.497 e. The largest absolute Gasteiger partial charge is 0.497 e. The minimum absolute atomic E-state index is 0.190. The Balaban J connectivity index is 1.65. The smallest absolute Gasteiger partial charge is 0.123 e. The molecular formula is C24H26FNO2. The minimum atomic E-state index is -0.213. The van der Waals surface area contributed by atoms with Gasteiger partial charge in [0.2, 0.25) is 0 Å². The van der Waals surface area contributed by atoms with E-state index in [1.54, 1.807) is 14.2 Å². The van der Waals surface area contributed by atoms with Gasteiger partial charge < -0.3 is 14.8 Å². The maximum absolute atomic E-state index is 13.4. The standard InChI is InChI=1S/C24H26FNO2/c1-27-22-11-3-18(4-12-22)17-26-16-15-24(19-5-9-21(25)10-6-19)20-7-13-23(28-2)14-8-20/h3-14,24,26H,15-17H2,1-2H3/t24-/m0/s1. The first-order chi connectivity index (χ1) is 13.7. The van der Waals surface area contributed by atoms with Crippen LogP contribution in [0.5, 0.6) is 11.5 Å². The van der Waals surface area contributed by atoms with E-state index in [-0.39, 0.29) is 11.7 Å². The summed E-state index contributed by atoms with van der Waals surface area (Å²) in [5, 5.41) is 3.50. The first-order valence-electron chi connectivity index (χ1n) is 9.42. The Labute approximate surface area is 166 Å². The summed E-state index contributed by atoms with van der Waals surface area (Å²) >= 11 is 0. The first kappa shape index (κ1) is 19.9. The van der Waals surface area contributed by atoms with E-state index < -0.39 is 0 Å². The van der Waals surface area contributed by atoms with Crippen molar-refractivity contribution in [2.45, 2.75) is 18.9 Å². The Bertz CT molecular complexity index is 845. The van der Waals surface area contributed by atoms with Crippen LogP contribution in [0.1, 0.15) is 29.0 Å². The molecule has 0 saturated heterocycles. The van der Waals surface area contributed by atoms with Crippen molar-refractivity contribution in [2.75, 3.05) is 20.8 Å². The summed E-state index contributed by atoms with van der Waals surface area (Å²) in [5.41, 5.74) is 3.51. The van der Waals surface area contributed by atoms with Crippen LogP contribution in [0, 0.1) is 5.82 Å². The third-order valence-electron chi connectivity index (χ3n) is 4.89. The van der Waals surface area contributed by atoms with E-state index in [0.717, 1.165) is 36.6 Å². The fraction of sp³-hybridized carbons (Fsp3) is 0.250. The van der Waals surface area contributed by atoms with E-state index in [1.807, 2.05) is 36.4 Å². The Hall–Kier alpha value is -2.85. The zero-order chi connectivity index (χ0) is 19.8. The average Bonchev–Trinajstić information content (AvgIpc) is 2.75. The molecule has 0 aliphatic carbocycles. The maximum atomic E-state index is 13.4. The van der Waals surface area contributed by atoms with Crippen LogP contribution < -0.4 is 14.8 Å². The van der Waals surface area contributed by atoms with Crippen molar-refractivity contribution in [3.05, 3.63) is 95.3 Å². The van der Waals surface area contributed by atoms with Crippen LogP contribution in [-0.2, 0) is 6.54 Å². The zero-order valence-corrected chi connectivity index (χ0v) is 16.3. The SMILES string of the molecule is COc1ccc(CNCC[C@@H](c2ccc(F)cc2)c2ccc(OC)cc2)cc1. The number of methoxy groups -OCH3 is 2. The molecule has 0 radical (unpaired) electrons. The summed E-state index contributed by atoms with van der Waals surface area (Å²) in [6.45, 7) is 1.64. The van der Waals surface area contributed by atoms with Crippen molar-refractivity contribution in [1.29, 1.82) is 0 Å². The summed E-state index contributed by atoms with van der Waals surface area (Å²) in [6.07, 6.45) is 0.911. The van der Waals surface area contributed by atoms with Crippen molar-refractivity contribution in [3.8, 4) is 11.5 Å². The van der Waals surface area contributed by atoms with Crippen LogP contribution in [0.15, 0.2) is 72.8 Å². The number of hydrogen-bond donors (Lipinski definition) is 1. The third-order valence-corrected chi connectivity index (χ3v) is 4.89. The molecule has 3 aromatic rings. The highest BCUT2D eigenvalue weighted by atomic mass is 19.1. The Kier molecular flexibility index (Phi) is 7.04. The molecule has 0 amide bonds. The second-order valence-corrected chi connectivity index (χ2v) is 6.69. The van der Waals surface area contributed by atoms with E-state index in [1.165, 1.54) is 23.3 Å². The van der Waals surface area contributed by atoms with E-state index in [2.05, 4.69) is 29.6 Å². The van der Waals surface area contributed by atoms with Gasteiger partial charge in [-0.15, -0.1) is 0 Å². The van der Waals surface area contributed by atoms with Crippen molar-refractivity contribution in [3.63, 3.8) is 0 Å². The molecule has 0 aliphatic rings. The molecule has 0 unspecified atom stereocenters. The van der Waals surface area contributed by atoms with Gasteiger partial charge in [0.25, 0.3) is 0 Å². The highest BCUT2D eigenvalue weighted by molar-refractivity contribution is 5.36. The van der Waals surface area contributed by atoms with Gasteiger partial charge in [0, 0.05) is 12.5 Å². The van der Waals surface area contributed by atoms with Crippen LogP contribution in [0.3, 0.4) is 0 Å². The second-order valence-electron chi connectivity index (χ2n) is 6.69. The lowest BCUT2D eigenvalue weighted by Crippen LogP contribution is -2.17. The fourth-order valence-corrected chi connectivity index (χ4v) is 3.28. The molecule has 0 heterocycles. The quantitative estimate of drug-likeness (QED) is 0.521. The molecule has 1 N–H and O–H groups in total. The molecular weight excluding hydrogens is 353 g/mol. The molecule has 4 heteroatoms. The molecule has 28 heavy (non-hydrogen) atoms. The molecule has 0 bridgehead atoms. The van der Waals surface area contributed by atoms with Gasteiger partial charge >= 0.3 is 0 Å². The topological polar surface area (TPSA) is 30.5 Å². The maximum Gasteiger partial charge on any atom is 0.123 e. The summed E-state index contributed by atoms with van der Waals surface area (Å²) in [4.78, 5) is 0. The number of benzene rings is 3. The molecule has 0 saturated carbocycles. The van der Waals surface area contributed by atoms with Crippen LogP contribution in [0.4, 0.5) is 4.39 Å². The zero-order valence-electron chi connectivity index (χ0n) is 16.3. The van der Waals surface area contributed by atoms with Gasteiger partial charge in [0.15, 0.2) is 0 Å². The van der Waals surface area contributed by atoms with Gasteiger partial charge in [-0.1, -0.05) is 36.4 Å². The van der Waals surface area contributed by atoms with Gasteiger partial charge in [-0.3, -0.25) is 0 Å². The van der Waals surface area contributed by atoms with Gasteiger partial charge in [0.1, 0.15) is 17.3 Å². The van der Waals surface area contributed by atoms with Gasteiger partial charge in [-0.05, 0) is 66.1 Å².